The van der Waals surface area contributed by atoms with Crippen LogP contribution in [0.1, 0.15) is 32.2 Å². The molecule has 0 N–H and O–H groups in total. The third kappa shape index (κ3) is 6.59. The van der Waals surface area contributed by atoms with Crippen molar-refractivity contribution in [3.63, 3.8) is 0 Å². The van der Waals surface area contributed by atoms with Gasteiger partial charge in [0.1, 0.15) is 11.6 Å². The Bertz CT molecular complexity index is 2220. The zero-order valence-electron chi connectivity index (χ0n) is 27.6. The number of aryl methyl sites for hydroxylation is 1. The van der Waals surface area contributed by atoms with Crippen LogP contribution < -0.4 is 4.40 Å². The first-order valence-corrected chi connectivity index (χ1v) is 23.0. The second-order valence-corrected chi connectivity index (χ2v) is 24.0. The number of pyridine rings is 2. The van der Waals surface area contributed by atoms with Crippen molar-refractivity contribution in [2.24, 2.45) is 0 Å². The van der Waals surface area contributed by atoms with E-state index in [9.17, 15) is 4.39 Å². The molecule has 7 rings (SSSR count). The molecule has 0 aliphatic carbocycles. The van der Waals surface area contributed by atoms with E-state index in [0.717, 1.165) is 36.8 Å². The van der Waals surface area contributed by atoms with Gasteiger partial charge in [0.05, 0.1) is 0 Å². The molecule has 0 atom stereocenters. The van der Waals surface area contributed by atoms with Gasteiger partial charge in [-0.05, 0) is 33.7 Å². The summed E-state index contributed by atoms with van der Waals surface area (Å²) in [5.74, 6) is 5.37. The Balaban J connectivity index is 0.000000207. The normalized spacial score (nSPS) is 12.0. The van der Waals surface area contributed by atoms with Crippen LogP contribution in [-0.2, 0) is 20.1 Å². The molecular weight excluding hydrogens is 831 g/mol. The molecule has 0 unspecified atom stereocenters. The summed E-state index contributed by atoms with van der Waals surface area (Å²) >= 11 is -0.281. The van der Waals surface area contributed by atoms with Crippen LogP contribution in [0, 0.1) is 30.7 Å². The fourth-order valence-electron chi connectivity index (χ4n) is 5.74. The van der Waals surface area contributed by atoms with Gasteiger partial charge in [-0.25, -0.2) is 8.78 Å². The number of thiophene rings is 1. The van der Waals surface area contributed by atoms with Gasteiger partial charge in [0, 0.05) is 48.8 Å². The number of aromatic nitrogens is 2. The van der Waals surface area contributed by atoms with Crippen LogP contribution in [0.25, 0.3) is 53.5 Å². The largest absolute Gasteiger partial charge is 0.302 e. The van der Waals surface area contributed by atoms with Gasteiger partial charge < -0.3 is 4.98 Å². The summed E-state index contributed by atoms with van der Waals surface area (Å²) in [6.45, 7) is 5.50. The second-order valence-electron chi connectivity index (χ2n) is 12.4. The van der Waals surface area contributed by atoms with E-state index in [4.69, 9.17) is 1.37 Å². The number of fused-ring (bicyclic) bond motifs is 5. The van der Waals surface area contributed by atoms with Crippen molar-refractivity contribution in [2.45, 2.75) is 43.9 Å². The van der Waals surface area contributed by atoms with Crippen LogP contribution in [-0.4, -0.2) is 23.2 Å². The second kappa shape index (κ2) is 13.8. The van der Waals surface area contributed by atoms with Gasteiger partial charge >= 0.3 is 106 Å². The molecule has 46 heavy (non-hydrogen) atoms. The van der Waals surface area contributed by atoms with E-state index in [1.165, 1.54) is 33.6 Å². The van der Waals surface area contributed by atoms with Gasteiger partial charge in [-0.3, -0.25) is 0 Å². The zero-order chi connectivity index (χ0) is 32.8. The van der Waals surface area contributed by atoms with Crippen molar-refractivity contribution in [3.05, 3.63) is 126 Å². The van der Waals surface area contributed by atoms with E-state index in [2.05, 4.69) is 64.6 Å². The van der Waals surface area contributed by atoms with Crippen molar-refractivity contribution in [3.8, 4) is 22.5 Å². The topological polar surface area (TPSA) is 25.8 Å². The van der Waals surface area contributed by atoms with Gasteiger partial charge in [0.2, 0.25) is 0 Å². The predicted molar refractivity (Wildman–Crippen MR) is 189 cm³/mol. The predicted octanol–water partition coefficient (Wildman–Crippen LogP) is 10.9. The van der Waals surface area contributed by atoms with Gasteiger partial charge in [-0.15, -0.1) is 23.8 Å². The standard InChI is InChI=1S/C24H16F2NS.C15H18GeN.Ir/c1-13(2)14-11-12-27-22(21(14)26)19-7-3-5-17-18-10-9-15-16(6-4-8-20(15)25)23(18)28-24(17)19;1-12-10-15(13-8-6-5-7-9-13)17-11-14(12)16(2,3)4;/h3-6,8-13H,1-2H3;5-8,10-11H,1-4H3;/q2*-1;/i13D;;. The van der Waals surface area contributed by atoms with Crippen molar-refractivity contribution >= 4 is 59.9 Å². The molecule has 1 radical (unpaired) electrons. The summed E-state index contributed by atoms with van der Waals surface area (Å²) in [5.41, 5.74) is 4.52. The van der Waals surface area contributed by atoms with Crippen LogP contribution in [0.3, 0.4) is 0 Å². The maximum absolute atomic E-state index is 15.3. The minimum atomic E-state index is -1.77. The quantitative estimate of drug-likeness (QED) is 0.130. The molecule has 4 aromatic carbocycles. The SMILES string of the molecule is Cc1cc(-c2[c-]cccc2)nc[c]1[Ge]([CH3])([CH3])[CH3].[2H]C(C)(C)c1ccnc(-c2[c-]ccc3c2sc2c4cccc(F)c4ccc32)c1F.[Ir]. The molecule has 3 aromatic heterocycles. The van der Waals surface area contributed by atoms with E-state index in [1.807, 2.05) is 36.4 Å². The van der Waals surface area contributed by atoms with E-state index in [0.29, 0.717) is 16.5 Å². The van der Waals surface area contributed by atoms with E-state index in [-0.39, 0.29) is 31.6 Å². The van der Waals surface area contributed by atoms with Crippen LogP contribution >= 0.6 is 11.3 Å². The first-order chi connectivity index (χ1) is 21.8. The van der Waals surface area contributed by atoms with E-state index < -0.39 is 25.0 Å². The third-order valence-electron chi connectivity index (χ3n) is 7.97. The Kier molecular flexibility index (Phi) is 9.81. The Labute approximate surface area is 291 Å². The number of benzene rings is 4. The molecule has 2 nitrogen and oxygen atoms in total. The molecule has 0 bridgehead atoms. The van der Waals surface area contributed by atoms with E-state index >= 15 is 4.39 Å². The Morgan fingerprint density at radius 3 is 2.26 bits per heavy atom. The first kappa shape index (κ1) is 32.6. The number of hydrogen-bond donors (Lipinski definition) is 0. The summed E-state index contributed by atoms with van der Waals surface area (Å²) in [5, 5.41) is 3.36. The van der Waals surface area contributed by atoms with E-state index in [1.54, 1.807) is 38.1 Å². The average molecular weight is 867 g/mol. The van der Waals surface area contributed by atoms with Crippen LogP contribution in [0.2, 0.25) is 17.3 Å². The summed E-state index contributed by atoms with van der Waals surface area (Å²) in [4.78, 5) is 8.87. The van der Waals surface area contributed by atoms with Crippen molar-refractivity contribution in [1.29, 1.82) is 0 Å². The van der Waals surface area contributed by atoms with Crippen LogP contribution in [0.5, 0.6) is 0 Å². The molecule has 0 spiro atoms. The van der Waals surface area contributed by atoms with Gasteiger partial charge in [-0.1, -0.05) is 43.5 Å². The molecular formula is C39H34F2GeIrN2S-2. The van der Waals surface area contributed by atoms with Crippen molar-refractivity contribution in [2.75, 3.05) is 0 Å². The monoisotopic (exact) mass is 868 g/mol. The number of hydrogen-bond acceptors (Lipinski definition) is 3. The Morgan fingerprint density at radius 1 is 0.826 bits per heavy atom. The summed E-state index contributed by atoms with van der Waals surface area (Å²) < 4.78 is 41.1. The summed E-state index contributed by atoms with van der Waals surface area (Å²) in [6, 6.07) is 30.6. The fraction of sp³-hybridized carbons (Fsp3) is 0.179. The van der Waals surface area contributed by atoms with Crippen LogP contribution in [0.15, 0.2) is 91.3 Å². The molecule has 7 heteroatoms. The molecule has 0 saturated heterocycles. The maximum atomic E-state index is 15.3. The average Bonchev–Trinajstić information content (AvgIpc) is 3.41. The minimum Gasteiger partial charge on any atom is -0.302 e. The molecule has 0 fully saturated rings. The fourth-order valence-corrected chi connectivity index (χ4v) is 10.6. The maximum Gasteiger partial charge on any atom is 0.131 e. The van der Waals surface area contributed by atoms with Crippen molar-refractivity contribution < 1.29 is 30.3 Å². The van der Waals surface area contributed by atoms with Gasteiger partial charge in [0.15, 0.2) is 0 Å². The Morgan fingerprint density at radius 2 is 1.57 bits per heavy atom. The molecule has 7 aromatic rings. The zero-order valence-corrected chi connectivity index (χ0v) is 31.9. The molecule has 3 heterocycles. The number of rotatable bonds is 4. The molecule has 0 aliphatic rings. The molecule has 0 amide bonds. The van der Waals surface area contributed by atoms with Gasteiger partial charge in [0.25, 0.3) is 0 Å². The Hall–Kier alpha value is -3.29. The first-order valence-electron chi connectivity index (χ1n) is 15.4. The third-order valence-corrected chi connectivity index (χ3v) is 13.7. The molecule has 235 valence electrons. The minimum absolute atomic E-state index is 0. The summed E-state index contributed by atoms with van der Waals surface area (Å²) in [7, 11) is 0. The van der Waals surface area contributed by atoms with Gasteiger partial charge in [-0.2, -0.15) is 11.3 Å². The summed E-state index contributed by atoms with van der Waals surface area (Å²) in [6.07, 6.45) is 3.61. The smallest absolute Gasteiger partial charge is 0.131 e. The van der Waals surface area contributed by atoms with Crippen LogP contribution in [0.4, 0.5) is 8.78 Å². The molecule has 0 saturated carbocycles. The number of nitrogens with zero attached hydrogens (tertiary/aromatic N) is 2. The van der Waals surface area contributed by atoms with Crippen molar-refractivity contribution in [1.82, 2.24) is 9.97 Å². The number of halogens is 2. The molecule has 0 aliphatic heterocycles.